The van der Waals surface area contributed by atoms with Crippen LogP contribution < -0.4 is 9.64 Å². The zero-order valence-electron chi connectivity index (χ0n) is 25.5. The molecule has 2 fully saturated rings. The fourth-order valence-electron chi connectivity index (χ4n) is 6.59. The van der Waals surface area contributed by atoms with Crippen molar-refractivity contribution in [2.75, 3.05) is 11.5 Å². The van der Waals surface area contributed by atoms with Crippen molar-refractivity contribution < 1.29 is 23.2 Å². The predicted molar refractivity (Wildman–Crippen MR) is 171 cm³/mol. The summed E-state index contributed by atoms with van der Waals surface area (Å²) >= 11 is -2.03. The number of non-ortho nitro benzene ring substituents is 1. The van der Waals surface area contributed by atoms with Crippen LogP contribution in [0.25, 0.3) is 0 Å². The predicted octanol–water partition coefficient (Wildman–Crippen LogP) is 10.0. The van der Waals surface area contributed by atoms with E-state index >= 15 is 0 Å². The smallest absolute Gasteiger partial charge is 0.0140 e. The van der Waals surface area contributed by atoms with Gasteiger partial charge < -0.3 is 4.90 Å². The summed E-state index contributed by atoms with van der Waals surface area (Å²) in [5.74, 6) is 1.45. The minimum absolute atomic E-state index is 0.00356. The Morgan fingerprint density at radius 3 is 2.24 bits per heavy atom. The van der Waals surface area contributed by atoms with Crippen molar-refractivity contribution in [2.24, 2.45) is 11.3 Å². The molecular weight excluding hydrogens is 644 g/mol. The van der Waals surface area contributed by atoms with Crippen molar-refractivity contribution in [1.82, 2.24) is 0 Å². The van der Waals surface area contributed by atoms with E-state index in [1.54, 1.807) is 10.7 Å². The third kappa shape index (κ3) is 8.77. The maximum absolute atomic E-state index is 10.7. The number of nitro benzene ring substituents is 1. The second kappa shape index (κ2) is 15.3. The molecule has 1 saturated heterocycles. The molecule has 41 heavy (non-hydrogen) atoms. The summed E-state index contributed by atoms with van der Waals surface area (Å²) in [6.07, 6.45) is 11.5. The van der Waals surface area contributed by atoms with E-state index in [1.807, 2.05) is 6.92 Å². The number of halogens is 2. The standard InChI is InChI=1S/C23H36N.C10H11NO3.2ClH.Ru/c1-6-18-12-11-13-19(7-2)21(18)24-17-23(5,16-22(24,3)4)20-14-9-8-10-15-20;1-3-6-14-10-5-4-9(11(12)13)7-8(10)2;;;/h11-13,17,20H,6-10,14-16H2,1-5H3;2,4-5,7H,3,6H2,1H3;2*1H;/q-1;;;;+2/p-2/t23-;;;;/m0..../s1. The normalized spacial score (nSPS) is 20.7. The molecule has 5 nitrogen and oxygen atoms in total. The first-order valence-electron chi connectivity index (χ1n) is 15.0. The molecule has 0 radical (unpaired) electrons. The third-order valence-electron chi connectivity index (χ3n) is 8.49. The number of nitrogens with zero attached hydrogens (tertiary/aromatic N) is 2. The molecule has 1 aliphatic carbocycles. The van der Waals surface area contributed by atoms with E-state index in [2.05, 4.69) is 64.3 Å². The molecule has 0 N–H and O–H groups in total. The van der Waals surface area contributed by atoms with Crippen molar-refractivity contribution >= 4 is 35.4 Å². The summed E-state index contributed by atoms with van der Waals surface area (Å²) in [7, 11) is 11.6. The first-order chi connectivity index (χ1) is 19.5. The Morgan fingerprint density at radius 1 is 1.07 bits per heavy atom. The Balaban J connectivity index is 0.000000241. The van der Waals surface area contributed by atoms with E-state index in [0.717, 1.165) is 25.2 Å². The molecule has 0 spiro atoms. The van der Waals surface area contributed by atoms with Gasteiger partial charge in [0.15, 0.2) is 0 Å². The van der Waals surface area contributed by atoms with Gasteiger partial charge in [-0.25, -0.2) is 6.54 Å². The Kier molecular flexibility index (Phi) is 12.7. The molecule has 0 amide bonds. The van der Waals surface area contributed by atoms with E-state index in [-0.39, 0.29) is 11.2 Å². The molecule has 2 aliphatic rings. The number of hydrogen-bond acceptors (Lipinski definition) is 4. The summed E-state index contributed by atoms with van der Waals surface area (Å²) in [4.78, 5) is 12.9. The minimum atomic E-state index is -2.03. The van der Waals surface area contributed by atoms with E-state index in [0.29, 0.717) is 23.3 Å². The summed E-state index contributed by atoms with van der Waals surface area (Å²) in [6, 6.07) is 11.3. The molecule has 1 saturated carbocycles. The zero-order valence-corrected chi connectivity index (χ0v) is 28.7. The van der Waals surface area contributed by atoms with Gasteiger partial charge in [-0.15, -0.1) is 5.41 Å². The second-order valence-electron chi connectivity index (χ2n) is 12.1. The molecule has 2 aromatic rings. The van der Waals surface area contributed by atoms with E-state index < -0.39 is 18.4 Å². The van der Waals surface area contributed by atoms with Crippen LogP contribution in [0, 0.1) is 28.0 Å². The van der Waals surface area contributed by atoms with Gasteiger partial charge in [-0.05, 0) is 37.8 Å². The third-order valence-corrected chi connectivity index (χ3v) is 10.3. The molecule has 1 aliphatic heterocycles. The molecule has 1 atom stereocenters. The van der Waals surface area contributed by atoms with E-state index in [9.17, 15) is 10.1 Å². The van der Waals surface area contributed by atoms with Gasteiger partial charge in [0.1, 0.15) is 0 Å². The fourth-order valence-corrected chi connectivity index (χ4v) is 8.38. The molecule has 0 bridgehead atoms. The molecule has 8 heteroatoms. The number of rotatable bonds is 9. The average Bonchev–Trinajstić information content (AvgIpc) is 3.21. The van der Waals surface area contributed by atoms with Gasteiger partial charge in [0, 0.05) is 11.2 Å². The van der Waals surface area contributed by atoms with Gasteiger partial charge in [-0.2, -0.15) is 0 Å². The van der Waals surface area contributed by atoms with E-state index in [4.69, 9.17) is 24.1 Å². The summed E-state index contributed by atoms with van der Waals surface area (Å²) in [6.45, 7) is 17.2. The molecule has 2 aromatic carbocycles. The largest absolute Gasteiger partial charge is 0.517 e. The Hall–Kier alpha value is -1.49. The number of nitro groups is 1. The number of anilines is 1. The number of hydrogen-bond donors (Lipinski definition) is 0. The summed E-state index contributed by atoms with van der Waals surface area (Å²) in [5, 5.41) is 10.7. The average molecular weight is 692 g/mol. The van der Waals surface area contributed by atoms with Crippen LogP contribution in [-0.4, -0.2) is 21.7 Å². The number of benzene rings is 2. The van der Waals surface area contributed by atoms with Gasteiger partial charge in [0.2, 0.25) is 0 Å². The molecule has 1 heterocycles. The van der Waals surface area contributed by atoms with Crippen LogP contribution in [0.3, 0.4) is 0 Å². The topological polar surface area (TPSA) is 55.6 Å². The van der Waals surface area contributed by atoms with Crippen molar-refractivity contribution in [1.29, 1.82) is 0 Å². The number of ether oxygens (including phenoxy) is 1. The van der Waals surface area contributed by atoms with Crippen molar-refractivity contribution in [2.45, 2.75) is 105 Å². The first kappa shape index (κ1) is 34.0. The molecule has 4 rings (SSSR count). The van der Waals surface area contributed by atoms with Gasteiger partial charge in [-0.1, -0.05) is 83.4 Å². The Morgan fingerprint density at radius 2 is 1.71 bits per heavy atom. The van der Waals surface area contributed by atoms with Gasteiger partial charge >= 0.3 is 112 Å². The van der Waals surface area contributed by atoms with Crippen molar-refractivity contribution in [3.63, 3.8) is 0 Å². The second-order valence-corrected chi connectivity index (χ2v) is 17.8. The van der Waals surface area contributed by atoms with Gasteiger partial charge in [-0.3, -0.25) is 0 Å². The van der Waals surface area contributed by atoms with Gasteiger partial charge in [0.25, 0.3) is 0 Å². The van der Waals surface area contributed by atoms with E-state index in [1.165, 1.54) is 67.5 Å². The summed E-state index contributed by atoms with van der Waals surface area (Å²) in [5.41, 5.74) is 5.68. The Labute approximate surface area is 260 Å². The van der Waals surface area contributed by atoms with Crippen LogP contribution >= 0.6 is 19.4 Å². The van der Waals surface area contributed by atoms with Crippen LogP contribution in [0.4, 0.5) is 11.4 Å². The SMILES string of the molecule is CCCOc1ccc([N+](=O)[O-])cc1[CH]=[Ru]([Cl])[Cl].CCc1cccc(CC)c1N1[CH-][C@@](C)(C2CCCCC2)CC1(C)C. The van der Waals surface area contributed by atoms with Crippen LogP contribution in [0.15, 0.2) is 36.4 Å². The summed E-state index contributed by atoms with van der Waals surface area (Å²) < 4.78 is 7.12. The zero-order chi connectivity index (χ0) is 30.2. The van der Waals surface area contributed by atoms with Crippen molar-refractivity contribution in [3.05, 3.63) is 69.7 Å². The first-order valence-corrected chi connectivity index (χ1v) is 20.4. The maximum atomic E-state index is 10.7. The maximum Gasteiger partial charge on any atom is 0.0140 e. The van der Waals surface area contributed by atoms with Crippen LogP contribution in [0.5, 0.6) is 5.75 Å². The van der Waals surface area contributed by atoms with Crippen LogP contribution in [0.2, 0.25) is 0 Å². The van der Waals surface area contributed by atoms with Gasteiger partial charge in [0.05, 0.1) is 0 Å². The van der Waals surface area contributed by atoms with Crippen LogP contribution in [0.1, 0.15) is 103 Å². The van der Waals surface area contributed by atoms with Crippen molar-refractivity contribution in [3.8, 4) is 5.75 Å². The monoisotopic (exact) mass is 691 g/mol. The number of aryl methyl sites for hydroxylation is 2. The van der Waals surface area contributed by atoms with Crippen LogP contribution in [-0.2, 0) is 26.4 Å². The molecule has 230 valence electrons. The molecular formula is C33H47Cl2N2O3Ru-. The number of para-hydroxylation sites is 1. The quantitative estimate of drug-likeness (QED) is 0.114. The fraction of sp³-hybridized carbons (Fsp3) is 0.576. The molecule has 0 unspecified atom stereocenters. The minimum Gasteiger partial charge on any atom is -0.517 e. The Bertz CT molecular complexity index is 1190. The molecule has 0 aromatic heterocycles.